The maximum atomic E-state index is 6.72. The van der Waals surface area contributed by atoms with Crippen molar-refractivity contribution in [3.63, 3.8) is 0 Å². The van der Waals surface area contributed by atoms with Crippen LogP contribution in [0.2, 0.25) is 0 Å². The Balaban J connectivity index is 1.68. The summed E-state index contributed by atoms with van der Waals surface area (Å²) in [5.74, 6) is 1.66. The second-order valence-corrected chi connectivity index (χ2v) is 7.37. The molecule has 0 N–H and O–H groups in total. The van der Waals surface area contributed by atoms with Gasteiger partial charge in [-0.1, -0.05) is 84.9 Å². The van der Waals surface area contributed by atoms with Gasteiger partial charge in [-0.3, -0.25) is 0 Å². The summed E-state index contributed by atoms with van der Waals surface area (Å²) in [4.78, 5) is 0. The van der Waals surface area contributed by atoms with Crippen LogP contribution in [0.4, 0.5) is 0 Å². The number of fused-ring (bicyclic) bond motifs is 3. The van der Waals surface area contributed by atoms with E-state index in [1.807, 2.05) is 36.4 Å². The van der Waals surface area contributed by atoms with Crippen LogP contribution in [0, 0.1) is 0 Å². The summed E-state index contributed by atoms with van der Waals surface area (Å²) in [5.41, 5.74) is 2.42. The van der Waals surface area contributed by atoms with Gasteiger partial charge in [0.2, 0.25) is 0 Å². The third-order valence-corrected chi connectivity index (χ3v) is 5.56. The first-order valence-electron chi connectivity index (χ1n) is 10.1. The van der Waals surface area contributed by atoms with Crippen molar-refractivity contribution in [2.45, 2.75) is 5.60 Å². The highest BCUT2D eigenvalue weighted by atomic mass is 16.5. The van der Waals surface area contributed by atoms with Crippen LogP contribution in [0.25, 0.3) is 22.9 Å². The summed E-state index contributed by atoms with van der Waals surface area (Å²) < 4.78 is 12.4. The summed E-state index contributed by atoms with van der Waals surface area (Å²) in [6.07, 6.45) is 8.50. The highest BCUT2D eigenvalue weighted by molar-refractivity contribution is 5.94. The van der Waals surface area contributed by atoms with Crippen molar-refractivity contribution in [3.8, 4) is 11.5 Å². The van der Waals surface area contributed by atoms with Gasteiger partial charge in [0.1, 0.15) is 11.5 Å². The van der Waals surface area contributed by atoms with Gasteiger partial charge < -0.3 is 9.47 Å². The molecule has 146 valence electrons. The molecule has 0 saturated heterocycles. The third-order valence-electron chi connectivity index (χ3n) is 5.56. The molecule has 1 atom stereocenters. The lowest BCUT2D eigenvalue weighted by Crippen LogP contribution is -2.31. The maximum Gasteiger partial charge on any atom is 0.175 e. The van der Waals surface area contributed by atoms with Gasteiger partial charge in [-0.15, -0.1) is 0 Å². The zero-order valence-corrected chi connectivity index (χ0v) is 16.8. The molecule has 1 unspecified atom stereocenters. The van der Waals surface area contributed by atoms with Crippen molar-refractivity contribution in [3.05, 3.63) is 120 Å². The van der Waals surface area contributed by atoms with Crippen molar-refractivity contribution in [1.29, 1.82) is 0 Å². The van der Waals surface area contributed by atoms with Crippen LogP contribution in [0.3, 0.4) is 0 Å². The van der Waals surface area contributed by atoms with Crippen LogP contribution in [-0.2, 0) is 5.60 Å². The number of hydrogen-bond donors (Lipinski definition) is 0. The Bertz CT molecular complexity index is 1250. The van der Waals surface area contributed by atoms with Crippen molar-refractivity contribution in [2.24, 2.45) is 0 Å². The van der Waals surface area contributed by atoms with Crippen molar-refractivity contribution in [1.82, 2.24) is 0 Å². The number of rotatable bonds is 4. The molecule has 1 heterocycles. The molecule has 0 radical (unpaired) electrons. The van der Waals surface area contributed by atoms with Gasteiger partial charge in [-0.2, -0.15) is 0 Å². The molecule has 1 aliphatic rings. The molecule has 4 aromatic carbocycles. The van der Waals surface area contributed by atoms with Crippen LogP contribution >= 0.6 is 0 Å². The molecule has 0 aliphatic carbocycles. The van der Waals surface area contributed by atoms with Crippen molar-refractivity contribution >= 4 is 22.9 Å². The Morgan fingerprint density at radius 3 is 2.43 bits per heavy atom. The second-order valence-electron chi connectivity index (χ2n) is 7.37. The Kier molecular flexibility index (Phi) is 4.61. The van der Waals surface area contributed by atoms with E-state index in [-0.39, 0.29) is 0 Å². The minimum Gasteiger partial charge on any atom is -0.496 e. The van der Waals surface area contributed by atoms with Gasteiger partial charge >= 0.3 is 0 Å². The largest absolute Gasteiger partial charge is 0.496 e. The van der Waals surface area contributed by atoms with E-state index in [9.17, 15) is 0 Å². The zero-order valence-electron chi connectivity index (χ0n) is 16.8. The molecule has 0 spiro atoms. The molecule has 0 bridgehead atoms. The molecule has 0 aromatic heterocycles. The van der Waals surface area contributed by atoms with Crippen LogP contribution in [0.5, 0.6) is 11.5 Å². The van der Waals surface area contributed by atoms with Gasteiger partial charge in [0, 0.05) is 11.1 Å². The molecule has 0 saturated carbocycles. The van der Waals surface area contributed by atoms with E-state index in [0.717, 1.165) is 28.2 Å². The summed E-state index contributed by atoms with van der Waals surface area (Å²) in [5, 5.41) is 2.39. The number of hydrogen-bond acceptors (Lipinski definition) is 2. The Labute approximate surface area is 176 Å². The van der Waals surface area contributed by atoms with E-state index in [4.69, 9.17) is 9.47 Å². The molecule has 30 heavy (non-hydrogen) atoms. The van der Waals surface area contributed by atoms with E-state index in [1.54, 1.807) is 7.11 Å². The van der Waals surface area contributed by atoms with E-state index >= 15 is 0 Å². The normalized spacial score (nSPS) is 17.6. The average molecular weight is 390 g/mol. The average Bonchev–Trinajstić information content (AvgIpc) is 2.83. The number of benzene rings is 4. The van der Waals surface area contributed by atoms with Gasteiger partial charge in [0.15, 0.2) is 5.60 Å². The minimum atomic E-state index is -0.766. The molecule has 4 aromatic rings. The van der Waals surface area contributed by atoms with Gasteiger partial charge in [-0.05, 0) is 46.7 Å². The van der Waals surface area contributed by atoms with E-state index < -0.39 is 5.60 Å². The first-order valence-corrected chi connectivity index (χ1v) is 10.1. The highest BCUT2D eigenvalue weighted by Crippen LogP contribution is 2.44. The number of para-hydroxylation sites is 1. The summed E-state index contributed by atoms with van der Waals surface area (Å²) in [6, 6.07) is 30.8. The SMILES string of the molecule is COc1ccccc1C1(/C=C/c2ccccc2)C=Cc2c(ccc3ccccc23)O1. The zero-order chi connectivity index (χ0) is 20.4. The van der Waals surface area contributed by atoms with Gasteiger partial charge in [0.05, 0.1) is 7.11 Å². The van der Waals surface area contributed by atoms with E-state index in [2.05, 4.69) is 78.9 Å². The van der Waals surface area contributed by atoms with E-state index in [0.29, 0.717) is 0 Å². The maximum absolute atomic E-state index is 6.72. The molecule has 0 fully saturated rings. The Morgan fingerprint density at radius 1 is 0.800 bits per heavy atom. The topological polar surface area (TPSA) is 18.5 Å². The van der Waals surface area contributed by atoms with Crippen molar-refractivity contribution < 1.29 is 9.47 Å². The fraction of sp³-hybridized carbons (Fsp3) is 0.0714. The molecular weight excluding hydrogens is 368 g/mol. The van der Waals surface area contributed by atoms with Crippen molar-refractivity contribution in [2.75, 3.05) is 7.11 Å². The predicted molar refractivity (Wildman–Crippen MR) is 124 cm³/mol. The fourth-order valence-electron chi connectivity index (χ4n) is 4.04. The molecular formula is C28H22O2. The molecule has 2 heteroatoms. The monoisotopic (exact) mass is 390 g/mol. The van der Waals surface area contributed by atoms with Crippen LogP contribution in [-0.4, -0.2) is 7.11 Å². The molecule has 2 nitrogen and oxygen atoms in total. The summed E-state index contributed by atoms with van der Waals surface area (Å²) in [6.45, 7) is 0. The van der Waals surface area contributed by atoms with Gasteiger partial charge in [0.25, 0.3) is 0 Å². The summed E-state index contributed by atoms with van der Waals surface area (Å²) >= 11 is 0. The lowest BCUT2D eigenvalue weighted by Gasteiger charge is -2.34. The van der Waals surface area contributed by atoms with Crippen LogP contribution in [0.15, 0.2) is 103 Å². The lowest BCUT2D eigenvalue weighted by atomic mass is 9.87. The first kappa shape index (κ1) is 18.3. The lowest BCUT2D eigenvalue weighted by molar-refractivity contribution is 0.166. The Hall–Kier alpha value is -3.78. The molecule has 0 amide bonds. The Morgan fingerprint density at radius 2 is 1.57 bits per heavy atom. The quantitative estimate of drug-likeness (QED) is 0.379. The minimum absolute atomic E-state index is 0.766. The smallest absolute Gasteiger partial charge is 0.175 e. The fourth-order valence-corrected chi connectivity index (χ4v) is 4.04. The number of methoxy groups -OCH3 is 1. The van der Waals surface area contributed by atoms with Crippen LogP contribution < -0.4 is 9.47 Å². The second kappa shape index (κ2) is 7.57. The third kappa shape index (κ3) is 3.17. The molecule has 5 rings (SSSR count). The molecule has 1 aliphatic heterocycles. The predicted octanol–water partition coefficient (Wildman–Crippen LogP) is 6.86. The standard InChI is InChI=1S/C28H22O2/c1-29-27-14-8-7-13-25(27)28(19-17-21-9-3-2-4-10-21)20-18-24-23-12-6-5-11-22(23)15-16-26(24)30-28/h2-20H,1H3/b19-17+. The van der Waals surface area contributed by atoms with Gasteiger partial charge in [-0.25, -0.2) is 0 Å². The van der Waals surface area contributed by atoms with E-state index in [1.165, 1.54) is 10.8 Å². The van der Waals surface area contributed by atoms with Crippen LogP contribution in [0.1, 0.15) is 16.7 Å². The number of ether oxygens (including phenoxy) is 2. The first-order chi connectivity index (χ1) is 14.8. The summed E-state index contributed by atoms with van der Waals surface area (Å²) in [7, 11) is 1.70. The highest BCUT2D eigenvalue weighted by Gasteiger charge is 2.35.